The fraction of sp³-hybridized carbons (Fsp3) is 0.211. The van der Waals surface area contributed by atoms with Gasteiger partial charge < -0.3 is 5.32 Å². The number of para-hydroxylation sites is 1. The average molecular weight is 401 g/mol. The molecule has 1 unspecified atom stereocenters. The second kappa shape index (κ2) is 8.96. The second-order valence-corrected chi connectivity index (χ2v) is 8.14. The number of hydrogen-bond donors (Lipinski definition) is 2. The summed E-state index contributed by atoms with van der Waals surface area (Å²) in [5.41, 5.74) is 0.496. The molecular weight excluding hydrogens is 380 g/mol. The molecular formula is C19H20N4O2S2. The SMILES string of the molecule is CCn1c(SC(C)C(=O)Nc2ccccc2Sc2ccccc2)n[nH]c1=O. The fourth-order valence-electron chi connectivity index (χ4n) is 2.39. The number of carbonyl (C=O) groups excluding carboxylic acids is 1. The topological polar surface area (TPSA) is 79.8 Å². The molecule has 0 fully saturated rings. The Balaban J connectivity index is 1.71. The van der Waals surface area contributed by atoms with E-state index in [0.717, 1.165) is 15.5 Å². The lowest BCUT2D eigenvalue weighted by atomic mass is 10.3. The number of H-pyrrole nitrogens is 1. The zero-order valence-corrected chi connectivity index (χ0v) is 16.6. The van der Waals surface area contributed by atoms with Crippen LogP contribution in [0.1, 0.15) is 13.8 Å². The summed E-state index contributed by atoms with van der Waals surface area (Å²) in [6.45, 7) is 4.16. The van der Waals surface area contributed by atoms with Crippen molar-refractivity contribution in [3.05, 3.63) is 65.1 Å². The number of hydrogen-bond acceptors (Lipinski definition) is 5. The van der Waals surface area contributed by atoms with E-state index in [4.69, 9.17) is 0 Å². The van der Waals surface area contributed by atoms with E-state index >= 15 is 0 Å². The van der Waals surface area contributed by atoms with Crippen LogP contribution in [0.2, 0.25) is 0 Å². The summed E-state index contributed by atoms with van der Waals surface area (Å²) in [6, 6.07) is 17.7. The summed E-state index contributed by atoms with van der Waals surface area (Å²) >= 11 is 2.85. The van der Waals surface area contributed by atoms with Crippen LogP contribution in [0.5, 0.6) is 0 Å². The summed E-state index contributed by atoms with van der Waals surface area (Å²) in [6.07, 6.45) is 0. The van der Waals surface area contributed by atoms with Crippen LogP contribution in [-0.2, 0) is 11.3 Å². The van der Waals surface area contributed by atoms with Gasteiger partial charge in [0.1, 0.15) is 0 Å². The number of aromatic amines is 1. The highest BCUT2D eigenvalue weighted by Gasteiger charge is 2.19. The third kappa shape index (κ3) is 4.84. The zero-order valence-electron chi connectivity index (χ0n) is 15.0. The second-order valence-electron chi connectivity index (χ2n) is 5.72. The lowest BCUT2D eigenvalue weighted by Gasteiger charge is -2.14. The molecule has 0 saturated carbocycles. The van der Waals surface area contributed by atoms with Crippen molar-refractivity contribution in [3.8, 4) is 0 Å². The molecule has 0 aliphatic rings. The largest absolute Gasteiger partial charge is 0.343 e. The number of aromatic nitrogens is 3. The highest BCUT2D eigenvalue weighted by molar-refractivity contribution is 8.00. The predicted octanol–water partition coefficient (Wildman–Crippen LogP) is 3.86. The molecule has 1 atom stereocenters. The first-order valence-corrected chi connectivity index (χ1v) is 10.2. The molecule has 1 amide bonds. The van der Waals surface area contributed by atoms with Gasteiger partial charge in [-0.2, -0.15) is 0 Å². The Morgan fingerprint density at radius 1 is 1.19 bits per heavy atom. The molecule has 3 rings (SSSR count). The molecule has 0 aliphatic heterocycles. The lowest BCUT2D eigenvalue weighted by Crippen LogP contribution is -2.24. The standard InChI is InChI=1S/C19H20N4O2S2/c1-3-23-18(25)21-22-19(23)26-13(2)17(24)20-15-11-7-8-12-16(15)27-14-9-5-4-6-10-14/h4-13H,3H2,1-2H3,(H,20,24)(H,21,25). The van der Waals surface area contributed by atoms with Gasteiger partial charge in [0.2, 0.25) is 5.91 Å². The molecule has 2 aromatic carbocycles. The number of thioether (sulfide) groups is 1. The van der Waals surface area contributed by atoms with E-state index in [1.54, 1.807) is 18.7 Å². The maximum Gasteiger partial charge on any atom is 0.343 e. The van der Waals surface area contributed by atoms with Gasteiger partial charge in [0, 0.05) is 16.3 Å². The van der Waals surface area contributed by atoms with E-state index in [-0.39, 0.29) is 11.6 Å². The van der Waals surface area contributed by atoms with Crippen LogP contribution in [0.4, 0.5) is 5.69 Å². The van der Waals surface area contributed by atoms with Crippen molar-refractivity contribution in [3.63, 3.8) is 0 Å². The lowest BCUT2D eigenvalue weighted by molar-refractivity contribution is -0.115. The highest BCUT2D eigenvalue weighted by atomic mass is 32.2. The van der Waals surface area contributed by atoms with Crippen molar-refractivity contribution >= 4 is 35.1 Å². The summed E-state index contributed by atoms with van der Waals surface area (Å²) in [7, 11) is 0. The monoisotopic (exact) mass is 400 g/mol. The molecule has 0 aliphatic carbocycles. The minimum atomic E-state index is -0.403. The number of anilines is 1. The zero-order chi connectivity index (χ0) is 19.2. The summed E-state index contributed by atoms with van der Waals surface area (Å²) in [4.78, 5) is 26.4. The van der Waals surface area contributed by atoms with Crippen LogP contribution in [0.25, 0.3) is 0 Å². The molecule has 1 aromatic heterocycles. The first-order valence-electron chi connectivity index (χ1n) is 8.53. The van der Waals surface area contributed by atoms with Gasteiger partial charge in [0.05, 0.1) is 10.9 Å². The molecule has 6 nitrogen and oxygen atoms in total. The molecule has 1 heterocycles. The molecule has 0 bridgehead atoms. The number of carbonyl (C=O) groups is 1. The van der Waals surface area contributed by atoms with Crippen molar-refractivity contribution in [2.24, 2.45) is 0 Å². The molecule has 0 radical (unpaired) electrons. The van der Waals surface area contributed by atoms with E-state index in [2.05, 4.69) is 15.5 Å². The van der Waals surface area contributed by atoms with Crippen LogP contribution >= 0.6 is 23.5 Å². The fourth-order valence-corrected chi connectivity index (χ4v) is 4.24. The van der Waals surface area contributed by atoms with Gasteiger partial charge in [-0.05, 0) is 38.1 Å². The van der Waals surface area contributed by atoms with Gasteiger partial charge in [-0.15, -0.1) is 5.10 Å². The van der Waals surface area contributed by atoms with Crippen molar-refractivity contribution in [2.45, 2.75) is 40.6 Å². The number of benzene rings is 2. The van der Waals surface area contributed by atoms with Crippen LogP contribution in [0, 0.1) is 0 Å². The van der Waals surface area contributed by atoms with E-state index in [1.807, 2.05) is 61.5 Å². The van der Waals surface area contributed by atoms with E-state index in [0.29, 0.717) is 11.7 Å². The van der Waals surface area contributed by atoms with Crippen molar-refractivity contribution < 1.29 is 4.79 Å². The third-order valence-corrected chi connectivity index (χ3v) is 5.98. The Labute approximate surface area is 165 Å². The highest BCUT2D eigenvalue weighted by Crippen LogP contribution is 2.33. The predicted molar refractivity (Wildman–Crippen MR) is 109 cm³/mol. The van der Waals surface area contributed by atoms with Gasteiger partial charge in [0.15, 0.2) is 5.16 Å². The third-order valence-electron chi connectivity index (χ3n) is 3.81. The van der Waals surface area contributed by atoms with Gasteiger partial charge in [0.25, 0.3) is 0 Å². The Morgan fingerprint density at radius 3 is 2.63 bits per heavy atom. The van der Waals surface area contributed by atoms with Crippen LogP contribution in [0.3, 0.4) is 0 Å². The quantitative estimate of drug-likeness (QED) is 0.589. The Bertz CT molecular complexity index is 969. The minimum Gasteiger partial charge on any atom is -0.324 e. The summed E-state index contributed by atoms with van der Waals surface area (Å²) in [5.74, 6) is -0.140. The first kappa shape index (κ1) is 19.3. The van der Waals surface area contributed by atoms with Crippen LogP contribution in [-0.4, -0.2) is 25.9 Å². The maximum atomic E-state index is 12.7. The van der Waals surface area contributed by atoms with E-state index in [1.165, 1.54) is 16.3 Å². The minimum absolute atomic E-state index is 0.140. The summed E-state index contributed by atoms with van der Waals surface area (Å²) in [5, 5.41) is 9.51. The Morgan fingerprint density at radius 2 is 1.89 bits per heavy atom. The van der Waals surface area contributed by atoms with Crippen molar-refractivity contribution in [2.75, 3.05) is 5.32 Å². The molecule has 0 saturated heterocycles. The molecule has 8 heteroatoms. The average Bonchev–Trinajstić information content (AvgIpc) is 3.03. The number of amides is 1. The number of nitrogens with one attached hydrogen (secondary N) is 2. The van der Waals surface area contributed by atoms with Crippen molar-refractivity contribution in [1.82, 2.24) is 14.8 Å². The molecule has 27 heavy (non-hydrogen) atoms. The Hall–Kier alpha value is -2.45. The number of rotatable bonds is 7. The smallest absolute Gasteiger partial charge is 0.324 e. The molecule has 2 N–H and O–H groups in total. The summed E-state index contributed by atoms with van der Waals surface area (Å²) < 4.78 is 1.51. The van der Waals surface area contributed by atoms with Crippen molar-refractivity contribution in [1.29, 1.82) is 0 Å². The van der Waals surface area contributed by atoms with Gasteiger partial charge in [-0.1, -0.05) is 53.9 Å². The van der Waals surface area contributed by atoms with Gasteiger partial charge in [-0.3, -0.25) is 9.36 Å². The van der Waals surface area contributed by atoms with Crippen LogP contribution < -0.4 is 11.0 Å². The molecule has 0 spiro atoms. The first-order chi connectivity index (χ1) is 13.1. The van der Waals surface area contributed by atoms with Gasteiger partial charge >= 0.3 is 5.69 Å². The Kier molecular flexibility index (Phi) is 6.41. The van der Waals surface area contributed by atoms with Gasteiger partial charge in [-0.25, -0.2) is 9.89 Å². The normalized spacial score (nSPS) is 11.9. The van der Waals surface area contributed by atoms with E-state index < -0.39 is 5.25 Å². The van der Waals surface area contributed by atoms with Crippen LogP contribution in [0.15, 0.2) is 74.3 Å². The number of nitrogens with zero attached hydrogens (tertiary/aromatic N) is 2. The molecule has 3 aromatic rings. The van der Waals surface area contributed by atoms with E-state index in [9.17, 15) is 9.59 Å². The maximum absolute atomic E-state index is 12.7. The molecule has 140 valence electrons.